The first kappa shape index (κ1) is 15.6. The highest BCUT2D eigenvalue weighted by Gasteiger charge is 2.20. The maximum Gasteiger partial charge on any atom is 0.326 e. The van der Waals surface area contributed by atoms with Crippen molar-refractivity contribution in [3.8, 4) is 0 Å². The van der Waals surface area contributed by atoms with E-state index in [4.69, 9.17) is 9.84 Å². The summed E-state index contributed by atoms with van der Waals surface area (Å²) in [6, 6.07) is -1.03. The van der Waals surface area contributed by atoms with Gasteiger partial charge in [-0.05, 0) is 13.3 Å². The van der Waals surface area contributed by atoms with E-state index < -0.39 is 17.9 Å². The summed E-state index contributed by atoms with van der Waals surface area (Å²) in [5.74, 6) is -1.64. The fourth-order valence-electron chi connectivity index (χ4n) is 1.17. The molecule has 0 saturated carbocycles. The van der Waals surface area contributed by atoms with Gasteiger partial charge in [-0.3, -0.25) is 9.59 Å². The van der Waals surface area contributed by atoms with Crippen LogP contribution in [0.3, 0.4) is 0 Å². The molecule has 0 aromatic carbocycles. The van der Waals surface area contributed by atoms with Gasteiger partial charge in [0, 0.05) is 19.4 Å². The molecule has 2 N–H and O–H groups in total. The van der Waals surface area contributed by atoms with Crippen molar-refractivity contribution in [3.05, 3.63) is 0 Å². The fraction of sp³-hybridized carbons (Fsp3) is 0.727. The summed E-state index contributed by atoms with van der Waals surface area (Å²) < 4.78 is 4.85. The van der Waals surface area contributed by atoms with Crippen LogP contribution in [0.2, 0.25) is 0 Å². The van der Waals surface area contributed by atoms with E-state index in [-0.39, 0.29) is 25.2 Å². The van der Waals surface area contributed by atoms with E-state index in [2.05, 4.69) is 5.32 Å². The molecule has 98 valence electrons. The van der Waals surface area contributed by atoms with Gasteiger partial charge in [-0.25, -0.2) is 4.79 Å². The maximum atomic E-state index is 11.2. The zero-order valence-electron chi connectivity index (χ0n) is 10.2. The number of carbonyl (C=O) groups excluding carboxylic acids is 2. The number of aliphatic carboxylic acids is 1. The van der Waals surface area contributed by atoms with Crippen LogP contribution >= 0.6 is 0 Å². The van der Waals surface area contributed by atoms with Crippen molar-refractivity contribution >= 4 is 17.7 Å². The molecule has 0 fully saturated rings. The molecule has 0 radical (unpaired) electrons. The molecule has 0 bridgehead atoms. The van der Waals surface area contributed by atoms with E-state index >= 15 is 0 Å². The number of amides is 1. The summed E-state index contributed by atoms with van der Waals surface area (Å²) in [6.45, 7) is 3.68. The molecule has 0 heterocycles. The average molecular weight is 245 g/mol. The maximum absolute atomic E-state index is 11.2. The fourth-order valence-corrected chi connectivity index (χ4v) is 1.17. The number of carboxylic acid groups (broad SMARTS) is 1. The molecule has 6 nitrogen and oxygen atoms in total. The minimum atomic E-state index is -1.14. The quantitative estimate of drug-likeness (QED) is 0.611. The predicted molar refractivity (Wildman–Crippen MR) is 60.6 cm³/mol. The Hall–Kier alpha value is -1.43. The number of hydrogen-bond donors (Lipinski definition) is 2. The minimum Gasteiger partial charge on any atom is -0.480 e. The molecular formula is C11H19NO5. The molecule has 0 aliphatic carbocycles. The SMILES string of the molecule is CCOCC(=O)N[C@H](CCC(=O)CC)C(=O)O. The Bertz CT molecular complexity index is 277. The molecule has 6 heteroatoms. The number of hydrogen-bond acceptors (Lipinski definition) is 4. The summed E-state index contributed by atoms with van der Waals surface area (Å²) in [5.41, 5.74) is 0. The number of ketones is 1. The second-order valence-electron chi connectivity index (χ2n) is 3.53. The van der Waals surface area contributed by atoms with E-state index in [1.165, 1.54) is 0 Å². The second-order valence-corrected chi connectivity index (χ2v) is 3.53. The Kier molecular flexibility index (Phi) is 7.96. The van der Waals surface area contributed by atoms with Gasteiger partial charge in [-0.15, -0.1) is 0 Å². The molecule has 0 aromatic heterocycles. The van der Waals surface area contributed by atoms with Crippen molar-refractivity contribution in [1.29, 1.82) is 0 Å². The number of carboxylic acids is 1. The smallest absolute Gasteiger partial charge is 0.326 e. The lowest BCUT2D eigenvalue weighted by atomic mass is 10.1. The summed E-state index contributed by atoms with van der Waals surface area (Å²) in [7, 11) is 0. The summed E-state index contributed by atoms with van der Waals surface area (Å²) in [6.07, 6.45) is 0.640. The number of carbonyl (C=O) groups is 3. The van der Waals surface area contributed by atoms with Crippen molar-refractivity contribution in [1.82, 2.24) is 5.32 Å². The van der Waals surface area contributed by atoms with Gasteiger partial charge < -0.3 is 15.2 Å². The number of Topliss-reactive ketones (excluding diaryl/α,β-unsaturated/α-hetero) is 1. The number of ether oxygens (including phenoxy) is 1. The lowest BCUT2D eigenvalue weighted by Gasteiger charge is -2.13. The monoisotopic (exact) mass is 245 g/mol. The van der Waals surface area contributed by atoms with Crippen LogP contribution in [0.15, 0.2) is 0 Å². The first-order valence-corrected chi connectivity index (χ1v) is 5.62. The van der Waals surface area contributed by atoms with Crippen molar-refractivity contribution in [3.63, 3.8) is 0 Å². The molecule has 1 atom stereocenters. The first-order chi connectivity index (χ1) is 8.01. The third kappa shape index (κ3) is 7.46. The van der Waals surface area contributed by atoms with Gasteiger partial charge in [0.2, 0.25) is 5.91 Å². The van der Waals surface area contributed by atoms with Gasteiger partial charge >= 0.3 is 5.97 Å². The second kappa shape index (κ2) is 8.69. The van der Waals surface area contributed by atoms with E-state index in [9.17, 15) is 14.4 Å². The zero-order valence-corrected chi connectivity index (χ0v) is 10.2. The van der Waals surface area contributed by atoms with E-state index in [0.717, 1.165) is 0 Å². The summed E-state index contributed by atoms with van der Waals surface area (Å²) in [5, 5.41) is 11.2. The molecule has 0 spiro atoms. The van der Waals surface area contributed by atoms with Crippen molar-refractivity contribution in [2.45, 2.75) is 39.2 Å². The van der Waals surface area contributed by atoms with Gasteiger partial charge in [-0.1, -0.05) is 6.92 Å². The summed E-state index contributed by atoms with van der Waals surface area (Å²) in [4.78, 5) is 33.2. The van der Waals surface area contributed by atoms with Crippen LogP contribution in [-0.4, -0.2) is 42.0 Å². The standard InChI is InChI=1S/C11H19NO5/c1-3-8(13)5-6-9(11(15)16)12-10(14)7-17-4-2/h9H,3-7H2,1-2H3,(H,12,14)(H,15,16)/t9-/m1/s1. The largest absolute Gasteiger partial charge is 0.480 e. The zero-order chi connectivity index (χ0) is 13.3. The molecular weight excluding hydrogens is 226 g/mol. The van der Waals surface area contributed by atoms with Gasteiger partial charge in [0.05, 0.1) is 0 Å². The predicted octanol–water partition coefficient (Wildman–Crippen LogP) is 0.352. The Labute approximate surface area is 100 Å². The van der Waals surface area contributed by atoms with Crippen LogP contribution in [-0.2, 0) is 19.1 Å². The molecule has 0 saturated heterocycles. The lowest BCUT2D eigenvalue weighted by Crippen LogP contribution is -2.42. The normalized spacial score (nSPS) is 11.9. The highest BCUT2D eigenvalue weighted by atomic mass is 16.5. The van der Waals surface area contributed by atoms with Crippen LogP contribution < -0.4 is 5.32 Å². The Morgan fingerprint density at radius 1 is 1.29 bits per heavy atom. The average Bonchev–Trinajstić information content (AvgIpc) is 2.30. The van der Waals surface area contributed by atoms with Crippen molar-refractivity contribution in [2.24, 2.45) is 0 Å². The first-order valence-electron chi connectivity index (χ1n) is 5.62. The highest BCUT2D eigenvalue weighted by molar-refractivity contribution is 5.85. The van der Waals surface area contributed by atoms with Gasteiger partial charge in [0.25, 0.3) is 0 Å². The Morgan fingerprint density at radius 2 is 1.94 bits per heavy atom. The van der Waals surface area contributed by atoms with Crippen LogP contribution in [0.5, 0.6) is 0 Å². The minimum absolute atomic E-state index is 0.0182. The number of rotatable bonds is 9. The molecule has 0 aliphatic rings. The Morgan fingerprint density at radius 3 is 2.41 bits per heavy atom. The molecule has 0 aromatic rings. The van der Waals surface area contributed by atoms with E-state index in [1.54, 1.807) is 13.8 Å². The van der Waals surface area contributed by atoms with Crippen LogP contribution in [0.4, 0.5) is 0 Å². The van der Waals surface area contributed by atoms with Crippen LogP contribution in [0.1, 0.15) is 33.1 Å². The third-order valence-electron chi connectivity index (χ3n) is 2.18. The van der Waals surface area contributed by atoms with Crippen LogP contribution in [0.25, 0.3) is 0 Å². The van der Waals surface area contributed by atoms with Gasteiger partial charge in [0.15, 0.2) is 0 Å². The van der Waals surface area contributed by atoms with Crippen molar-refractivity contribution < 1.29 is 24.2 Å². The third-order valence-corrected chi connectivity index (χ3v) is 2.18. The Balaban J connectivity index is 4.10. The topological polar surface area (TPSA) is 92.7 Å². The summed E-state index contributed by atoms with van der Waals surface area (Å²) >= 11 is 0. The molecule has 0 unspecified atom stereocenters. The lowest BCUT2D eigenvalue weighted by molar-refractivity contribution is -0.142. The highest BCUT2D eigenvalue weighted by Crippen LogP contribution is 2.01. The number of nitrogens with one attached hydrogen (secondary N) is 1. The molecule has 1 amide bonds. The molecule has 0 aliphatic heterocycles. The van der Waals surface area contributed by atoms with Gasteiger partial charge in [-0.2, -0.15) is 0 Å². The molecule has 0 rings (SSSR count). The van der Waals surface area contributed by atoms with E-state index in [0.29, 0.717) is 13.0 Å². The van der Waals surface area contributed by atoms with Crippen LogP contribution in [0, 0.1) is 0 Å². The van der Waals surface area contributed by atoms with Gasteiger partial charge in [0.1, 0.15) is 18.4 Å². The van der Waals surface area contributed by atoms with Crippen molar-refractivity contribution in [2.75, 3.05) is 13.2 Å². The van der Waals surface area contributed by atoms with E-state index in [1.807, 2.05) is 0 Å². The molecule has 17 heavy (non-hydrogen) atoms.